The van der Waals surface area contributed by atoms with E-state index >= 15 is 0 Å². The number of hydrogen-bond acceptors (Lipinski definition) is 4. The largest absolute Gasteiger partial charge is 0.490 e. The Balaban J connectivity index is 1.19. The van der Waals surface area contributed by atoms with E-state index in [0.29, 0.717) is 27.5 Å². The standard InChI is InChI=1S/C29H25F3N2O2S/c30-29(31,32)22-4-2-6-27(14-22)37-18-19-7-9-21(10-8-19)28(35)34-23-11-12-24(34)16-26(15-23)36-25-5-1-3-20(13-25)17-33/h1-10,13-14,23-24,26H,11-12,15-16,18H2. The lowest BCUT2D eigenvalue weighted by Gasteiger charge is -2.39. The molecule has 2 fully saturated rings. The van der Waals surface area contributed by atoms with Gasteiger partial charge in [-0.05, 0) is 66.9 Å². The Labute approximate surface area is 218 Å². The lowest BCUT2D eigenvalue weighted by atomic mass is 9.98. The third kappa shape index (κ3) is 5.78. The van der Waals surface area contributed by atoms with Gasteiger partial charge in [0.1, 0.15) is 11.9 Å². The maximum atomic E-state index is 13.4. The minimum absolute atomic E-state index is 0.00532. The summed E-state index contributed by atoms with van der Waals surface area (Å²) in [5, 5.41) is 9.11. The third-order valence-electron chi connectivity index (χ3n) is 6.96. The number of benzene rings is 3. The highest BCUT2D eigenvalue weighted by Crippen LogP contribution is 2.38. The highest BCUT2D eigenvalue weighted by atomic mass is 32.2. The van der Waals surface area contributed by atoms with Crippen LogP contribution in [0.2, 0.25) is 0 Å². The molecule has 2 unspecified atom stereocenters. The molecule has 2 bridgehead atoms. The van der Waals surface area contributed by atoms with Crippen LogP contribution in [0.5, 0.6) is 5.75 Å². The minimum Gasteiger partial charge on any atom is -0.490 e. The number of alkyl halides is 3. The summed E-state index contributed by atoms with van der Waals surface area (Å²) in [7, 11) is 0. The van der Waals surface area contributed by atoms with Gasteiger partial charge >= 0.3 is 6.18 Å². The monoisotopic (exact) mass is 522 g/mol. The zero-order chi connectivity index (χ0) is 26.0. The van der Waals surface area contributed by atoms with Crippen molar-refractivity contribution in [2.24, 2.45) is 0 Å². The van der Waals surface area contributed by atoms with Crippen molar-refractivity contribution in [2.45, 2.75) is 60.7 Å². The van der Waals surface area contributed by atoms with Crippen LogP contribution in [-0.2, 0) is 11.9 Å². The second kappa shape index (κ2) is 10.5. The van der Waals surface area contributed by atoms with Gasteiger partial charge in [0.05, 0.1) is 17.2 Å². The highest BCUT2D eigenvalue weighted by molar-refractivity contribution is 7.98. The van der Waals surface area contributed by atoms with Crippen LogP contribution >= 0.6 is 11.8 Å². The maximum absolute atomic E-state index is 13.4. The van der Waals surface area contributed by atoms with Crippen molar-refractivity contribution >= 4 is 17.7 Å². The Hall–Kier alpha value is -3.44. The van der Waals surface area contributed by atoms with E-state index in [4.69, 9.17) is 10.00 Å². The Kier molecular flexibility index (Phi) is 7.16. The van der Waals surface area contributed by atoms with Crippen LogP contribution in [0.3, 0.4) is 0 Å². The quantitative estimate of drug-likeness (QED) is 0.325. The summed E-state index contributed by atoms with van der Waals surface area (Å²) >= 11 is 1.33. The predicted octanol–water partition coefficient (Wildman–Crippen LogP) is 7.08. The number of carbonyl (C=O) groups excluding carboxylic acids is 1. The van der Waals surface area contributed by atoms with Crippen molar-refractivity contribution < 1.29 is 22.7 Å². The SMILES string of the molecule is N#Cc1cccc(OC2CC3CCC(C2)N3C(=O)c2ccc(CSc3cccc(C(F)(F)F)c3)cc2)c1. The predicted molar refractivity (Wildman–Crippen MR) is 135 cm³/mol. The van der Waals surface area contributed by atoms with Gasteiger partial charge in [0.15, 0.2) is 0 Å². The van der Waals surface area contributed by atoms with Gasteiger partial charge in [-0.3, -0.25) is 4.79 Å². The molecule has 190 valence electrons. The molecule has 2 heterocycles. The summed E-state index contributed by atoms with van der Waals surface area (Å²) in [6, 6.07) is 22.2. The summed E-state index contributed by atoms with van der Waals surface area (Å²) in [4.78, 5) is 15.9. The van der Waals surface area contributed by atoms with E-state index in [0.717, 1.165) is 43.4 Å². The molecule has 2 aliphatic rings. The summed E-state index contributed by atoms with van der Waals surface area (Å²) in [5.74, 6) is 1.20. The van der Waals surface area contributed by atoms with Gasteiger partial charge in [0.25, 0.3) is 5.91 Å². The molecule has 0 radical (unpaired) electrons. The fraction of sp³-hybridized carbons (Fsp3) is 0.310. The second-order valence-corrected chi connectivity index (χ2v) is 10.5. The Morgan fingerprint density at radius 3 is 2.38 bits per heavy atom. The van der Waals surface area contributed by atoms with Crippen LogP contribution in [-0.4, -0.2) is 29.0 Å². The molecule has 5 rings (SSSR count). The molecule has 8 heteroatoms. The van der Waals surface area contributed by atoms with Crippen LogP contribution < -0.4 is 4.74 Å². The number of amides is 1. The van der Waals surface area contributed by atoms with Crippen molar-refractivity contribution in [1.82, 2.24) is 4.90 Å². The van der Waals surface area contributed by atoms with Gasteiger partial charge in [-0.2, -0.15) is 18.4 Å². The Morgan fingerprint density at radius 1 is 1.00 bits per heavy atom. The van der Waals surface area contributed by atoms with Crippen LogP contribution in [0.25, 0.3) is 0 Å². The smallest absolute Gasteiger partial charge is 0.416 e. The molecule has 0 saturated carbocycles. The van der Waals surface area contributed by atoms with Gasteiger partial charge in [-0.25, -0.2) is 0 Å². The first kappa shape index (κ1) is 25.2. The average molecular weight is 523 g/mol. The Bertz CT molecular complexity index is 1310. The minimum atomic E-state index is -4.36. The number of rotatable bonds is 6. The lowest BCUT2D eigenvalue weighted by molar-refractivity contribution is -0.137. The topological polar surface area (TPSA) is 53.3 Å². The number of thioether (sulfide) groups is 1. The second-order valence-electron chi connectivity index (χ2n) is 9.46. The molecule has 0 aromatic heterocycles. The fourth-order valence-electron chi connectivity index (χ4n) is 5.21. The average Bonchev–Trinajstić information content (AvgIpc) is 3.17. The third-order valence-corrected chi connectivity index (χ3v) is 8.02. The van der Waals surface area contributed by atoms with E-state index < -0.39 is 11.7 Å². The van der Waals surface area contributed by atoms with Gasteiger partial charge in [-0.1, -0.05) is 24.3 Å². The van der Waals surface area contributed by atoms with Crippen LogP contribution in [0.4, 0.5) is 13.2 Å². The molecule has 4 nitrogen and oxygen atoms in total. The molecule has 2 saturated heterocycles. The van der Waals surface area contributed by atoms with E-state index in [1.807, 2.05) is 29.2 Å². The van der Waals surface area contributed by atoms with Gasteiger partial charge in [0.2, 0.25) is 0 Å². The van der Waals surface area contributed by atoms with Gasteiger partial charge in [0, 0.05) is 41.1 Å². The van der Waals surface area contributed by atoms with E-state index in [2.05, 4.69) is 6.07 Å². The van der Waals surface area contributed by atoms with E-state index in [1.54, 1.807) is 30.3 Å². The van der Waals surface area contributed by atoms with Crippen molar-refractivity contribution in [3.05, 3.63) is 95.1 Å². The molecule has 0 spiro atoms. The number of fused-ring (bicyclic) bond motifs is 2. The van der Waals surface area contributed by atoms with Crippen molar-refractivity contribution in [3.63, 3.8) is 0 Å². The molecular weight excluding hydrogens is 497 g/mol. The van der Waals surface area contributed by atoms with Crippen LogP contribution in [0, 0.1) is 11.3 Å². The lowest BCUT2D eigenvalue weighted by Crippen LogP contribution is -2.49. The Morgan fingerprint density at radius 2 is 1.70 bits per heavy atom. The summed E-state index contributed by atoms with van der Waals surface area (Å²) < 4.78 is 45.0. The first-order valence-electron chi connectivity index (χ1n) is 12.2. The van der Waals surface area contributed by atoms with E-state index in [-0.39, 0.29) is 24.1 Å². The van der Waals surface area contributed by atoms with Gasteiger partial charge in [-0.15, -0.1) is 11.8 Å². The summed E-state index contributed by atoms with van der Waals surface area (Å²) in [5.41, 5.74) is 1.46. The molecule has 3 aromatic carbocycles. The van der Waals surface area contributed by atoms with Gasteiger partial charge < -0.3 is 9.64 Å². The normalized spacial score (nSPS) is 20.9. The first-order valence-corrected chi connectivity index (χ1v) is 13.2. The number of hydrogen-bond donors (Lipinski definition) is 0. The molecule has 0 aliphatic carbocycles. The van der Waals surface area contributed by atoms with Crippen molar-refractivity contribution in [3.8, 4) is 11.8 Å². The zero-order valence-corrected chi connectivity index (χ0v) is 20.8. The molecular formula is C29H25F3N2O2S. The maximum Gasteiger partial charge on any atom is 0.416 e. The zero-order valence-electron chi connectivity index (χ0n) is 19.9. The first-order chi connectivity index (χ1) is 17.8. The summed E-state index contributed by atoms with van der Waals surface area (Å²) in [6.45, 7) is 0. The highest BCUT2D eigenvalue weighted by Gasteiger charge is 2.44. The number of ether oxygens (including phenoxy) is 1. The van der Waals surface area contributed by atoms with Crippen LogP contribution in [0.1, 0.15) is 52.7 Å². The molecule has 1 amide bonds. The molecule has 2 aliphatic heterocycles. The number of nitrogens with zero attached hydrogens (tertiary/aromatic N) is 2. The fourth-order valence-corrected chi connectivity index (χ4v) is 6.12. The number of halogens is 3. The molecule has 0 N–H and O–H groups in total. The van der Waals surface area contributed by atoms with E-state index in [9.17, 15) is 18.0 Å². The van der Waals surface area contributed by atoms with Crippen LogP contribution in [0.15, 0.2) is 77.7 Å². The molecule has 3 aromatic rings. The van der Waals surface area contributed by atoms with Crippen molar-refractivity contribution in [2.75, 3.05) is 0 Å². The summed E-state index contributed by atoms with van der Waals surface area (Å²) in [6.07, 6.45) is -0.956. The number of nitriles is 1. The number of carbonyl (C=O) groups is 1. The van der Waals surface area contributed by atoms with E-state index in [1.165, 1.54) is 17.8 Å². The molecule has 37 heavy (non-hydrogen) atoms. The molecule has 2 atom stereocenters. The number of piperidine rings is 1. The van der Waals surface area contributed by atoms with Crippen molar-refractivity contribution in [1.29, 1.82) is 5.26 Å².